The molecule has 0 saturated carbocycles. The minimum atomic E-state index is -0.180. The van der Waals surface area contributed by atoms with E-state index in [4.69, 9.17) is 18.6 Å². The van der Waals surface area contributed by atoms with E-state index < -0.39 is 0 Å². The van der Waals surface area contributed by atoms with Gasteiger partial charge < -0.3 is 23.9 Å². The number of nitrogens with one attached hydrogen (secondary N) is 1. The molecule has 166 valence electrons. The summed E-state index contributed by atoms with van der Waals surface area (Å²) in [6.45, 7) is 3.31. The fraction of sp³-hybridized carbons (Fsp3) is 0.381. The van der Waals surface area contributed by atoms with Crippen LogP contribution in [-0.2, 0) is 11.3 Å². The van der Waals surface area contributed by atoms with Crippen molar-refractivity contribution >= 4 is 22.9 Å². The lowest BCUT2D eigenvalue weighted by Crippen LogP contribution is -2.33. The first-order chi connectivity index (χ1) is 15.1. The molecule has 0 aliphatic rings. The fourth-order valence-electron chi connectivity index (χ4n) is 3.10. The van der Waals surface area contributed by atoms with Gasteiger partial charge in [-0.15, -0.1) is 21.5 Å². The maximum absolute atomic E-state index is 12.7. The van der Waals surface area contributed by atoms with E-state index in [1.54, 1.807) is 12.1 Å². The Hall–Kier alpha value is -3.11. The van der Waals surface area contributed by atoms with Crippen LogP contribution in [0, 0.1) is 0 Å². The minimum absolute atomic E-state index is 0.168. The molecule has 9 nitrogen and oxygen atoms in total. The zero-order valence-corrected chi connectivity index (χ0v) is 18.8. The molecule has 0 unspecified atom stereocenters. The molecule has 1 aromatic carbocycles. The number of ether oxygens (including phenoxy) is 3. The number of thiophene rings is 1. The number of methoxy groups -OCH3 is 3. The second-order valence-electron chi connectivity index (χ2n) is 6.65. The SMILES string of the molecule is CCCN(CC(=O)Nc1cc(OC)c(OC)c(OC)c1)Cc1nnc(-c2cccs2)o1. The van der Waals surface area contributed by atoms with Gasteiger partial charge in [-0.2, -0.15) is 0 Å². The highest BCUT2D eigenvalue weighted by molar-refractivity contribution is 7.13. The van der Waals surface area contributed by atoms with E-state index in [0.29, 0.717) is 47.8 Å². The Morgan fingerprint density at radius 2 is 1.90 bits per heavy atom. The standard InChI is InChI=1S/C21H26N4O5S/c1-5-8-25(13-19-23-24-21(30-19)17-7-6-9-31-17)12-18(26)22-14-10-15(27-2)20(29-4)16(11-14)28-3/h6-7,9-11H,5,8,12-13H2,1-4H3,(H,22,26). The van der Waals surface area contributed by atoms with Crippen LogP contribution < -0.4 is 19.5 Å². The van der Waals surface area contributed by atoms with Crippen molar-refractivity contribution in [3.05, 3.63) is 35.5 Å². The smallest absolute Gasteiger partial charge is 0.257 e. The van der Waals surface area contributed by atoms with E-state index >= 15 is 0 Å². The maximum Gasteiger partial charge on any atom is 0.257 e. The third kappa shape index (κ3) is 5.74. The van der Waals surface area contributed by atoms with E-state index in [2.05, 4.69) is 22.4 Å². The first-order valence-electron chi connectivity index (χ1n) is 9.76. The number of carbonyl (C=O) groups excluding carboxylic acids is 1. The van der Waals surface area contributed by atoms with Crippen molar-refractivity contribution in [2.45, 2.75) is 19.9 Å². The van der Waals surface area contributed by atoms with Crippen molar-refractivity contribution in [2.75, 3.05) is 39.7 Å². The van der Waals surface area contributed by atoms with E-state index in [9.17, 15) is 4.79 Å². The number of carbonyl (C=O) groups is 1. The lowest BCUT2D eigenvalue weighted by Gasteiger charge is -2.20. The van der Waals surface area contributed by atoms with Crippen LogP contribution in [0.5, 0.6) is 17.2 Å². The molecule has 0 aliphatic heterocycles. The van der Waals surface area contributed by atoms with Crippen molar-refractivity contribution < 1.29 is 23.4 Å². The van der Waals surface area contributed by atoms with Crippen LogP contribution in [0.3, 0.4) is 0 Å². The molecular formula is C21H26N4O5S. The molecule has 0 fully saturated rings. The summed E-state index contributed by atoms with van der Waals surface area (Å²) in [6, 6.07) is 7.24. The zero-order chi connectivity index (χ0) is 22.2. The Bertz CT molecular complexity index is 965. The van der Waals surface area contributed by atoms with Crippen LogP contribution in [0.25, 0.3) is 10.8 Å². The van der Waals surface area contributed by atoms with Crippen LogP contribution in [0.15, 0.2) is 34.1 Å². The zero-order valence-electron chi connectivity index (χ0n) is 18.0. The highest BCUT2D eigenvalue weighted by atomic mass is 32.1. The Morgan fingerprint density at radius 1 is 1.16 bits per heavy atom. The predicted molar refractivity (Wildman–Crippen MR) is 118 cm³/mol. The van der Waals surface area contributed by atoms with Gasteiger partial charge in [0.2, 0.25) is 17.5 Å². The summed E-state index contributed by atoms with van der Waals surface area (Å²) in [4.78, 5) is 15.6. The summed E-state index contributed by atoms with van der Waals surface area (Å²) in [5, 5.41) is 13.1. The van der Waals surface area contributed by atoms with E-state index in [-0.39, 0.29) is 12.5 Å². The molecule has 0 atom stereocenters. The molecular weight excluding hydrogens is 420 g/mol. The molecule has 2 heterocycles. The first-order valence-corrected chi connectivity index (χ1v) is 10.6. The monoisotopic (exact) mass is 446 g/mol. The van der Waals surface area contributed by atoms with Crippen molar-refractivity contribution in [2.24, 2.45) is 0 Å². The normalized spacial score (nSPS) is 10.9. The van der Waals surface area contributed by atoms with Crippen LogP contribution >= 0.6 is 11.3 Å². The topological polar surface area (TPSA) is 99.0 Å². The number of hydrogen-bond donors (Lipinski definition) is 1. The summed E-state index contributed by atoms with van der Waals surface area (Å²) < 4.78 is 21.8. The quantitative estimate of drug-likeness (QED) is 0.476. The van der Waals surface area contributed by atoms with Gasteiger partial charge in [0.05, 0.1) is 39.3 Å². The second kappa shape index (κ2) is 10.8. The number of anilines is 1. The van der Waals surface area contributed by atoms with Crippen LogP contribution in [-0.4, -0.2) is 55.4 Å². The summed E-state index contributed by atoms with van der Waals surface area (Å²) in [5.74, 6) is 2.18. The van der Waals surface area contributed by atoms with Crippen molar-refractivity contribution in [1.82, 2.24) is 15.1 Å². The van der Waals surface area contributed by atoms with Gasteiger partial charge in [-0.1, -0.05) is 13.0 Å². The van der Waals surface area contributed by atoms with E-state index in [1.807, 2.05) is 22.4 Å². The van der Waals surface area contributed by atoms with Crippen LogP contribution in [0.1, 0.15) is 19.2 Å². The van der Waals surface area contributed by atoms with E-state index in [0.717, 1.165) is 11.3 Å². The maximum atomic E-state index is 12.7. The molecule has 10 heteroatoms. The van der Waals surface area contributed by atoms with Crippen LogP contribution in [0.4, 0.5) is 5.69 Å². The Kier molecular flexibility index (Phi) is 7.85. The average molecular weight is 447 g/mol. The number of hydrogen-bond acceptors (Lipinski definition) is 9. The number of aromatic nitrogens is 2. The van der Waals surface area contributed by atoms with Gasteiger partial charge in [-0.3, -0.25) is 9.69 Å². The Morgan fingerprint density at radius 3 is 2.48 bits per heavy atom. The van der Waals surface area contributed by atoms with Gasteiger partial charge in [0.1, 0.15) is 0 Å². The molecule has 3 rings (SSSR count). The fourth-order valence-corrected chi connectivity index (χ4v) is 3.74. The molecule has 31 heavy (non-hydrogen) atoms. The van der Waals surface area contributed by atoms with Gasteiger partial charge in [0, 0.05) is 17.8 Å². The van der Waals surface area contributed by atoms with Gasteiger partial charge in [0.25, 0.3) is 5.89 Å². The number of benzene rings is 1. The Labute approximate surface area is 184 Å². The third-order valence-corrected chi connectivity index (χ3v) is 5.27. The molecule has 1 amide bonds. The molecule has 0 radical (unpaired) electrons. The minimum Gasteiger partial charge on any atom is -0.493 e. The summed E-state index contributed by atoms with van der Waals surface area (Å²) in [6.07, 6.45) is 0.878. The second-order valence-corrected chi connectivity index (χ2v) is 7.60. The molecule has 0 bridgehead atoms. The Balaban J connectivity index is 1.67. The number of amides is 1. The summed E-state index contributed by atoms with van der Waals surface area (Å²) in [5.41, 5.74) is 0.550. The third-order valence-electron chi connectivity index (χ3n) is 4.41. The van der Waals surface area contributed by atoms with Crippen molar-refractivity contribution in [3.8, 4) is 28.0 Å². The van der Waals surface area contributed by atoms with Gasteiger partial charge in [0.15, 0.2) is 11.5 Å². The first kappa shape index (κ1) is 22.6. The molecule has 0 spiro atoms. The van der Waals surface area contributed by atoms with Gasteiger partial charge >= 0.3 is 0 Å². The average Bonchev–Trinajstić information content (AvgIpc) is 3.45. The molecule has 0 aliphatic carbocycles. The molecule has 0 saturated heterocycles. The summed E-state index contributed by atoms with van der Waals surface area (Å²) >= 11 is 1.54. The number of rotatable bonds is 11. The van der Waals surface area contributed by atoms with Gasteiger partial charge in [-0.05, 0) is 24.4 Å². The lowest BCUT2D eigenvalue weighted by atomic mass is 10.2. The lowest BCUT2D eigenvalue weighted by molar-refractivity contribution is -0.117. The van der Waals surface area contributed by atoms with Crippen molar-refractivity contribution in [1.29, 1.82) is 0 Å². The van der Waals surface area contributed by atoms with Crippen molar-refractivity contribution in [3.63, 3.8) is 0 Å². The van der Waals surface area contributed by atoms with Crippen LogP contribution in [0.2, 0.25) is 0 Å². The number of nitrogens with zero attached hydrogens (tertiary/aromatic N) is 3. The summed E-state index contributed by atoms with van der Waals surface area (Å²) in [7, 11) is 4.59. The molecule has 1 N–H and O–H groups in total. The van der Waals surface area contributed by atoms with Gasteiger partial charge in [-0.25, -0.2) is 0 Å². The molecule has 2 aromatic heterocycles. The largest absolute Gasteiger partial charge is 0.493 e. The highest BCUT2D eigenvalue weighted by Gasteiger charge is 2.18. The highest BCUT2D eigenvalue weighted by Crippen LogP contribution is 2.39. The predicted octanol–water partition coefficient (Wildman–Crippen LogP) is 3.67. The molecule has 3 aromatic rings. The van der Waals surface area contributed by atoms with E-state index in [1.165, 1.54) is 32.7 Å².